The van der Waals surface area contributed by atoms with E-state index in [9.17, 15) is 9.59 Å². The highest BCUT2D eigenvalue weighted by Crippen LogP contribution is 2.14. The van der Waals surface area contributed by atoms with Crippen molar-refractivity contribution in [3.05, 3.63) is 12.2 Å². The minimum Gasteiger partial charge on any atom is -0.444 e. The number of rotatable bonds is 0. The topological polar surface area (TPSA) is 46.6 Å². The Labute approximate surface area is 89.9 Å². The molecular formula is C11H17NO3. The SMILES string of the molecule is CC1C=CC(=O)CN1C(=O)OC(C)(C)C. The second-order valence-electron chi connectivity index (χ2n) is 4.67. The number of nitrogens with zero attached hydrogens (tertiary/aromatic N) is 1. The Morgan fingerprint density at radius 1 is 1.53 bits per heavy atom. The van der Waals surface area contributed by atoms with Crippen LogP contribution in [-0.2, 0) is 9.53 Å². The Hall–Kier alpha value is -1.32. The predicted molar refractivity (Wildman–Crippen MR) is 56.5 cm³/mol. The largest absolute Gasteiger partial charge is 0.444 e. The summed E-state index contributed by atoms with van der Waals surface area (Å²) in [5.74, 6) is -0.0704. The van der Waals surface area contributed by atoms with E-state index in [1.54, 1.807) is 26.8 Å². The lowest BCUT2D eigenvalue weighted by Crippen LogP contribution is -2.45. The molecule has 4 nitrogen and oxygen atoms in total. The summed E-state index contributed by atoms with van der Waals surface area (Å²) in [7, 11) is 0. The fourth-order valence-electron chi connectivity index (χ4n) is 1.27. The van der Waals surface area contributed by atoms with Gasteiger partial charge < -0.3 is 4.74 Å². The molecule has 0 saturated carbocycles. The molecule has 1 aliphatic rings. The van der Waals surface area contributed by atoms with Crippen LogP contribution in [0.4, 0.5) is 4.79 Å². The lowest BCUT2D eigenvalue weighted by Gasteiger charge is -2.31. The van der Waals surface area contributed by atoms with Gasteiger partial charge in [0, 0.05) is 0 Å². The first-order valence-corrected chi connectivity index (χ1v) is 5.00. The predicted octanol–water partition coefficient (Wildman–Crippen LogP) is 1.75. The third-order valence-corrected chi connectivity index (χ3v) is 2.01. The number of ether oxygens (including phenoxy) is 1. The Morgan fingerprint density at radius 2 is 2.13 bits per heavy atom. The van der Waals surface area contributed by atoms with Gasteiger partial charge in [-0.1, -0.05) is 6.08 Å². The molecule has 0 aromatic heterocycles. The summed E-state index contributed by atoms with van der Waals surface area (Å²) in [5.41, 5.74) is -0.527. The average molecular weight is 211 g/mol. The van der Waals surface area contributed by atoms with Crippen molar-refractivity contribution in [3.63, 3.8) is 0 Å². The number of ketones is 1. The maximum absolute atomic E-state index is 11.7. The van der Waals surface area contributed by atoms with Gasteiger partial charge in [-0.05, 0) is 33.8 Å². The van der Waals surface area contributed by atoms with Crippen molar-refractivity contribution in [1.29, 1.82) is 0 Å². The van der Waals surface area contributed by atoms with Crippen LogP contribution in [0, 0.1) is 0 Å². The van der Waals surface area contributed by atoms with Crippen molar-refractivity contribution in [2.24, 2.45) is 0 Å². The fraction of sp³-hybridized carbons (Fsp3) is 0.636. The molecule has 1 aliphatic heterocycles. The Bertz CT molecular complexity index is 301. The van der Waals surface area contributed by atoms with E-state index in [4.69, 9.17) is 4.74 Å². The van der Waals surface area contributed by atoms with Crippen LogP contribution in [0.15, 0.2) is 12.2 Å². The number of amides is 1. The molecule has 1 rings (SSSR count). The van der Waals surface area contributed by atoms with Crippen LogP contribution in [0.2, 0.25) is 0 Å². The van der Waals surface area contributed by atoms with E-state index in [2.05, 4.69) is 0 Å². The van der Waals surface area contributed by atoms with E-state index in [1.807, 2.05) is 6.92 Å². The molecule has 0 radical (unpaired) electrons. The van der Waals surface area contributed by atoms with Crippen molar-refractivity contribution in [1.82, 2.24) is 4.90 Å². The van der Waals surface area contributed by atoms with Crippen molar-refractivity contribution in [2.75, 3.05) is 6.54 Å². The molecule has 0 aromatic rings. The van der Waals surface area contributed by atoms with Gasteiger partial charge in [-0.25, -0.2) is 4.79 Å². The lowest BCUT2D eigenvalue weighted by molar-refractivity contribution is -0.116. The molecule has 4 heteroatoms. The quantitative estimate of drug-likeness (QED) is 0.613. The van der Waals surface area contributed by atoms with Crippen molar-refractivity contribution >= 4 is 11.9 Å². The molecule has 0 bridgehead atoms. The fourth-order valence-corrected chi connectivity index (χ4v) is 1.27. The van der Waals surface area contributed by atoms with Crippen LogP contribution in [0.5, 0.6) is 0 Å². The molecule has 1 atom stereocenters. The number of hydrogen-bond donors (Lipinski definition) is 0. The first kappa shape index (κ1) is 11.8. The summed E-state index contributed by atoms with van der Waals surface area (Å²) >= 11 is 0. The second-order valence-corrected chi connectivity index (χ2v) is 4.67. The van der Waals surface area contributed by atoms with Gasteiger partial charge in [0.05, 0.1) is 12.6 Å². The average Bonchev–Trinajstić information content (AvgIpc) is 2.06. The van der Waals surface area contributed by atoms with Gasteiger partial charge in [-0.3, -0.25) is 9.69 Å². The summed E-state index contributed by atoms with van der Waals surface area (Å²) < 4.78 is 5.20. The third-order valence-electron chi connectivity index (χ3n) is 2.01. The molecule has 15 heavy (non-hydrogen) atoms. The number of carbonyl (C=O) groups is 2. The summed E-state index contributed by atoms with van der Waals surface area (Å²) in [4.78, 5) is 24.3. The molecule has 0 N–H and O–H groups in total. The van der Waals surface area contributed by atoms with Crippen LogP contribution in [0.1, 0.15) is 27.7 Å². The maximum Gasteiger partial charge on any atom is 0.411 e. The van der Waals surface area contributed by atoms with Gasteiger partial charge in [0.15, 0.2) is 5.78 Å². The van der Waals surface area contributed by atoms with Crippen LogP contribution < -0.4 is 0 Å². The van der Waals surface area contributed by atoms with Gasteiger partial charge in [-0.15, -0.1) is 0 Å². The third kappa shape index (κ3) is 3.38. The monoisotopic (exact) mass is 211 g/mol. The summed E-state index contributed by atoms with van der Waals surface area (Å²) in [5, 5.41) is 0. The van der Waals surface area contributed by atoms with Gasteiger partial charge in [0.25, 0.3) is 0 Å². The zero-order valence-electron chi connectivity index (χ0n) is 9.61. The highest BCUT2D eigenvalue weighted by Gasteiger charge is 2.28. The molecule has 84 valence electrons. The highest BCUT2D eigenvalue weighted by molar-refractivity contribution is 5.94. The van der Waals surface area contributed by atoms with Crippen molar-refractivity contribution in [3.8, 4) is 0 Å². The minimum atomic E-state index is -0.527. The van der Waals surface area contributed by atoms with E-state index < -0.39 is 11.7 Å². The molecule has 0 aromatic carbocycles. The van der Waals surface area contributed by atoms with E-state index in [-0.39, 0.29) is 18.4 Å². The second kappa shape index (κ2) is 4.04. The maximum atomic E-state index is 11.7. The van der Waals surface area contributed by atoms with Gasteiger partial charge in [-0.2, -0.15) is 0 Å². The molecular weight excluding hydrogens is 194 g/mol. The van der Waals surface area contributed by atoms with Crippen LogP contribution >= 0.6 is 0 Å². The standard InChI is InChI=1S/C11H17NO3/c1-8-5-6-9(13)7-12(8)10(14)15-11(2,3)4/h5-6,8H,7H2,1-4H3. The van der Waals surface area contributed by atoms with Crippen molar-refractivity contribution in [2.45, 2.75) is 39.3 Å². The lowest BCUT2D eigenvalue weighted by atomic mass is 10.1. The first-order valence-electron chi connectivity index (χ1n) is 5.00. The zero-order chi connectivity index (χ0) is 11.6. The normalized spacial score (nSPS) is 21.7. The van der Waals surface area contributed by atoms with Gasteiger partial charge >= 0.3 is 6.09 Å². The summed E-state index contributed by atoms with van der Waals surface area (Å²) in [6.45, 7) is 7.37. The van der Waals surface area contributed by atoms with Crippen LogP contribution in [0.25, 0.3) is 0 Å². The Kier molecular flexibility index (Phi) is 3.17. The molecule has 0 spiro atoms. The van der Waals surface area contributed by atoms with Crippen LogP contribution in [0.3, 0.4) is 0 Å². The molecule has 0 aliphatic carbocycles. The smallest absolute Gasteiger partial charge is 0.411 e. The Balaban J connectivity index is 2.68. The van der Waals surface area contributed by atoms with Gasteiger partial charge in [0.1, 0.15) is 5.60 Å². The van der Waals surface area contributed by atoms with E-state index >= 15 is 0 Å². The molecule has 1 heterocycles. The van der Waals surface area contributed by atoms with E-state index in [0.717, 1.165) is 0 Å². The Morgan fingerprint density at radius 3 is 2.67 bits per heavy atom. The van der Waals surface area contributed by atoms with Crippen molar-refractivity contribution < 1.29 is 14.3 Å². The minimum absolute atomic E-state index is 0.0704. The molecule has 1 unspecified atom stereocenters. The molecule has 0 saturated heterocycles. The van der Waals surface area contributed by atoms with E-state index in [1.165, 1.54) is 11.0 Å². The van der Waals surface area contributed by atoms with E-state index in [0.29, 0.717) is 0 Å². The van der Waals surface area contributed by atoms with Crippen LogP contribution in [-0.4, -0.2) is 35.0 Å². The summed E-state index contributed by atoms with van der Waals surface area (Å²) in [6, 6.07) is -0.0856. The molecule has 0 fully saturated rings. The first-order chi connectivity index (χ1) is 6.79. The molecule has 1 amide bonds. The number of carbonyl (C=O) groups excluding carboxylic acids is 2. The zero-order valence-corrected chi connectivity index (χ0v) is 9.61. The summed E-state index contributed by atoms with van der Waals surface area (Å²) in [6.07, 6.45) is 2.77. The number of hydrogen-bond acceptors (Lipinski definition) is 3. The van der Waals surface area contributed by atoms with Gasteiger partial charge in [0.2, 0.25) is 0 Å². The highest BCUT2D eigenvalue weighted by atomic mass is 16.6.